The molecule has 4 heterocycles. The van der Waals surface area contributed by atoms with Crippen LogP contribution in [-0.2, 0) is 17.8 Å². The molecule has 0 bridgehead atoms. The zero-order chi connectivity index (χ0) is 31.8. The number of aryl methyl sites for hydroxylation is 1. The van der Waals surface area contributed by atoms with Crippen LogP contribution in [0.25, 0.3) is 10.8 Å². The molecule has 2 aromatic carbocycles. The van der Waals surface area contributed by atoms with E-state index in [2.05, 4.69) is 76.7 Å². The van der Waals surface area contributed by atoms with Crippen LogP contribution in [0.5, 0.6) is 5.88 Å². The summed E-state index contributed by atoms with van der Waals surface area (Å²) in [7, 11) is 0. The first-order valence-electron chi connectivity index (χ1n) is 16.6. The fourth-order valence-electron chi connectivity index (χ4n) is 7.75. The number of anilines is 2. The molecule has 236 valence electrons. The van der Waals surface area contributed by atoms with E-state index in [0.29, 0.717) is 37.6 Å². The van der Waals surface area contributed by atoms with Crippen LogP contribution in [0.4, 0.5) is 11.4 Å². The number of ether oxygens (including phenoxy) is 1. The standard InChI is InChI=1S/C37H41N7O2/c1-3-34(45)44-21-20-43(23-28(44)12-16-38)36-30-15-19-42(33-9-5-8-26-7-4-6-25(2)35(26)33)24-32(30)40-37(31(36)22-39)46-29-13-17-41(18-14-29)27-10-11-27/h3-9,27-29H,1,10-15,17-21,23-24H2,2H3. The number of hydrogen-bond donors (Lipinski definition) is 0. The van der Waals surface area contributed by atoms with Gasteiger partial charge in [-0.15, -0.1) is 0 Å². The third-order valence-corrected chi connectivity index (χ3v) is 10.2. The van der Waals surface area contributed by atoms with Crippen molar-refractivity contribution in [3.63, 3.8) is 0 Å². The van der Waals surface area contributed by atoms with E-state index in [-0.39, 0.29) is 24.5 Å². The predicted octanol–water partition coefficient (Wildman–Crippen LogP) is 5.10. The van der Waals surface area contributed by atoms with Gasteiger partial charge in [0.2, 0.25) is 11.8 Å². The van der Waals surface area contributed by atoms with Crippen molar-refractivity contribution in [2.24, 2.45) is 0 Å². The molecular formula is C37H41N7O2. The summed E-state index contributed by atoms with van der Waals surface area (Å²) in [6.45, 7) is 10.7. The van der Waals surface area contributed by atoms with Crippen molar-refractivity contribution >= 4 is 28.1 Å². The van der Waals surface area contributed by atoms with Gasteiger partial charge in [0.05, 0.1) is 36.5 Å². The van der Waals surface area contributed by atoms with Gasteiger partial charge in [-0.3, -0.25) is 4.79 Å². The maximum absolute atomic E-state index is 12.7. The Morgan fingerprint density at radius 2 is 1.83 bits per heavy atom. The highest BCUT2D eigenvalue weighted by Gasteiger charge is 2.37. The molecule has 1 amide bonds. The van der Waals surface area contributed by atoms with E-state index in [1.807, 2.05) is 0 Å². The molecule has 4 aliphatic rings. The molecule has 1 aromatic heterocycles. The molecule has 1 aliphatic carbocycles. The fraction of sp³-hybridized carbons (Fsp3) is 0.459. The molecule has 9 heteroatoms. The molecule has 46 heavy (non-hydrogen) atoms. The highest BCUT2D eigenvalue weighted by molar-refractivity contribution is 5.97. The van der Waals surface area contributed by atoms with Crippen molar-refractivity contribution in [2.75, 3.05) is 49.1 Å². The minimum atomic E-state index is -0.297. The zero-order valence-electron chi connectivity index (χ0n) is 26.6. The van der Waals surface area contributed by atoms with E-state index >= 15 is 0 Å². The van der Waals surface area contributed by atoms with E-state index in [0.717, 1.165) is 61.9 Å². The second-order valence-electron chi connectivity index (χ2n) is 13.1. The van der Waals surface area contributed by atoms with Gasteiger partial charge >= 0.3 is 0 Å². The molecular weight excluding hydrogens is 574 g/mol. The average molecular weight is 616 g/mol. The van der Waals surface area contributed by atoms with Crippen molar-refractivity contribution in [2.45, 2.75) is 70.2 Å². The van der Waals surface area contributed by atoms with Gasteiger partial charge in [-0.2, -0.15) is 10.5 Å². The zero-order valence-corrected chi connectivity index (χ0v) is 26.6. The number of benzene rings is 2. The summed E-state index contributed by atoms with van der Waals surface area (Å²) in [6, 6.07) is 18.1. The van der Waals surface area contributed by atoms with Crippen LogP contribution in [0.15, 0.2) is 49.1 Å². The largest absolute Gasteiger partial charge is 0.473 e. The lowest BCUT2D eigenvalue weighted by Crippen LogP contribution is -2.55. The monoisotopic (exact) mass is 615 g/mol. The number of piperazine rings is 1. The highest BCUT2D eigenvalue weighted by atomic mass is 16.5. The first-order valence-corrected chi connectivity index (χ1v) is 16.6. The molecule has 3 aliphatic heterocycles. The molecule has 3 fully saturated rings. The quantitative estimate of drug-likeness (QED) is 0.339. The summed E-state index contributed by atoms with van der Waals surface area (Å²) in [5, 5.41) is 22.8. The molecule has 2 saturated heterocycles. The van der Waals surface area contributed by atoms with Crippen LogP contribution in [0.2, 0.25) is 0 Å². The van der Waals surface area contributed by atoms with Gasteiger partial charge < -0.3 is 24.3 Å². The lowest BCUT2D eigenvalue weighted by molar-refractivity contribution is -0.128. The second-order valence-corrected chi connectivity index (χ2v) is 13.1. The number of nitriles is 2. The van der Waals surface area contributed by atoms with Crippen LogP contribution >= 0.6 is 0 Å². The van der Waals surface area contributed by atoms with Gasteiger partial charge in [-0.1, -0.05) is 36.9 Å². The molecule has 1 atom stereocenters. The van der Waals surface area contributed by atoms with Crippen LogP contribution in [0.3, 0.4) is 0 Å². The molecule has 0 N–H and O–H groups in total. The van der Waals surface area contributed by atoms with Crippen molar-refractivity contribution < 1.29 is 9.53 Å². The van der Waals surface area contributed by atoms with Gasteiger partial charge in [0, 0.05) is 61.9 Å². The van der Waals surface area contributed by atoms with Crippen molar-refractivity contribution in [1.82, 2.24) is 14.8 Å². The topological polar surface area (TPSA) is 99.7 Å². The Hall–Kier alpha value is -4.60. The minimum Gasteiger partial charge on any atom is -0.473 e. The van der Waals surface area contributed by atoms with Gasteiger partial charge in [-0.25, -0.2) is 4.98 Å². The van der Waals surface area contributed by atoms with Crippen LogP contribution in [0.1, 0.15) is 54.5 Å². The molecule has 9 nitrogen and oxygen atoms in total. The average Bonchev–Trinajstić information content (AvgIpc) is 3.93. The lowest BCUT2D eigenvalue weighted by Gasteiger charge is -2.43. The third-order valence-electron chi connectivity index (χ3n) is 10.2. The number of carbonyl (C=O) groups is 1. The number of pyridine rings is 1. The smallest absolute Gasteiger partial charge is 0.246 e. The SMILES string of the molecule is C=CC(=O)N1CCN(c2c(C#N)c(OC3CCN(C4CC4)CC3)nc3c2CCN(c2cccc4cccc(C)c24)C3)CC1CC#N. The van der Waals surface area contributed by atoms with E-state index in [1.165, 1.54) is 40.9 Å². The normalized spacial score (nSPS) is 20.6. The minimum absolute atomic E-state index is 0.00862. The van der Waals surface area contributed by atoms with E-state index in [1.54, 1.807) is 4.90 Å². The maximum atomic E-state index is 12.7. The summed E-state index contributed by atoms with van der Waals surface area (Å²) in [6.07, 6.45) is 6.70. The Morgan fingerprint density at radius 1 is 1.04 bits per heavy atom. The van der Waals surface area contributed by atoms with Gasteiger partial charge in [0.1, 0.15) is 17.7 Å². The van der Waals surface area contributed by atoms with Crippen molar-refractivity contribution in [3.8, 4) is 18.0 Å². The third kappa shape index (κ3) is 5.65. The number of rotatable bonds is 7. The number of nitrogens with zero attached hydrogens (tertiary/aromatic N) is 7. The molecule has 0 radical (unpaired) electrons. The van der Waals surface area contributed by atoms with Crippen LogP contribution in [-0.4, -0.2) is 78.1 Å². The number of likely N-dealkylation sites (tertiary alicyclic amines) is 1. The number of piperidine rings is 1. The first kappa shape index (κ1) is 30.1. The second kappa shape index (κ2) is 12.7. The number of amides is 1. The van der Waals surface area contributed by atoms with Crippen LogP contribution in [0, 0.1) is 29.6 Å². The summed E-state index contributed by atoms with van der Waals surface area (Å²) in [4.78, 5) is 26.7. The van der Waals surface area contributed by atoms with Crippen LogP contribution < -0.4 is 14.5 Å². The van der Waals surface area contributed by atoms with Gasteiger partial charge in [0.15, 0.2) is 0 Å². The summed E-state index contributed by atoms with van der Waals surface area (Å²) in [5.74, 6) is 0.248. The van der Waals surface area contributed by atoms with E-state index in [4.69, 9.17) is 9.72 Å². The lowest BCUT2D eigenvalue weighted by atomic mass is 9.95. The molecule has 1 saturated carbocycles. The van der Waals surface area contributed by atoms with E-state index in [9.17, 15) is 15.3 Å². The summed E-state index contributed by atoms with van der Waals surface area (Å²) >= 11 is 0. The number of hydrogen-bond acceptors (Lipinski definition) is 8. The highest BCUT2D eigenvalue weighted by Crippen LogP contribution is 2.41. The fourth-order valence-corrected chi connectivity index (χ4v) is 7.75. The summed E-state index contributed by atoms with van der Waals surface area (Å²) in [5.41, 5.74) is 5.76. The van der Waals surface area contributed by atoms with Gasteiger partial charge in [0.25, 0.3) is 0 Å². The van der Waals surface area contributed by atoms with Gasteiger partial charge in [-0.05, 0) is 62.1 Å². The number of carbonyl (C=O) groups excluding carboxylic acids is 1. The Morgan fingerprint density at radius 3 is 2.54 bits per heavy atom. The van der Waals surface area contributed by atoms with Crippen molar-refractivity contribution in [3.05, 3.63) is 71.4 Å². The summed E-state index contributed by atoms with van der Waals surface area (Å²) < 4.78 is 6.67. The Labute approximate surface area is 271 Å². The predicted molar refractivity (Wildman–Crippen MR) is 179 cm³/mol. The first-order chi connectivity index (χ1) is 22.5. The molecule has 7 rings (SSSR count). The Kier molecular flexibility index (Phi) is 8.27. The number of fused-ring (bicyclic) bond motifs is 2. The molecule has 3 aromatic rings. The Bertz CT molecular complexity index is 1740. The molecule has 1 unspecified atom stereocenters. The Balaban J connectivity index is 1.26. The van der Waals surface area contributed by atoms with E-state index < -0.39 is 0 Å². The number of aromatic nitrogens is 1. The maximum Gasteiger partial charge on any atom is 0.246 e. The van der Waals surface area contributed by atoms with Crippen molar-refractivity contribution in [1.29, 1.82) is 10.5 Å². The molecule has 0 spiro atoms.